The van der Waals surface area contributed by atoms with Crippen molar-refractivity contribution in [3.05, 3.63) is 23.3 Å². The summed E-state index contributed by atoms with van der Waals surface area (Å²) in [5.74, 6) is 0.0221. The second-order valence-electron chi connectivity index (χ2n) is 5.48. The van der Waals surface area contributed by atoms with Crippen molar-refractivity contribution in [1.82, 2.24) is 9.97 Å². The van der Waals surface area contributed by atoms with Gasteiger partial charge in [0.05, 0.1) is 11.3 Å². The number of carbonyl (C=O) groups is 1. The van der Waals surface area contributed by atoms with Gasteiger partial charge in [-0.15, -0.1) is 0 Å². The zero-order valence-electron chi connectivity index (χ0n) is 11.1. The van der Waals surface area contributed by atoms with Crippen LogP contribution < -0.4 is 0 Å². The Morgan fingerprint density at radius 3 is 2.63 bits per heavy atom. The Kier molecular flexibility index (Phi) is 3.01. The Balaban J connectivity index is 2.03. The predicted molar refractivity (Wildman–Crippen MR) is 68.1 cm³/mol. The first-order valence-electron chi connectivity index (χ1n) is 6.82. The first-order chi connectivity index (χ1) is 9.16. The number of aromatic nitrogens is 2. The maximum Gasteiger partial charge on any atom is 0.339 e. The normalized spacial score (nSPS) is 21.5. The molecule has 0 amide bonds. The van der Waals surface area contributed by atoms with Crippen molar-refractivity contribution in [2.45, 2.75) is 50.0 Å². The highest BCUT2D eigenvalue weighted by atomic mass is 16.5. The quantitative estimate of drug-likeness (QED) is 0.902. The van der Waals surface area contributed by atoms with Crippen LogP contribution >= 0.6 is 0 Å². The second kappa shape index (κ2) is 4.56. The number of methoxy groups -OCH3 is 1. The van der Waals surface area contributed by atoms with Crippen LogP contribution in [0, 0.1) is 0 Å². The van der Waals surface area contributed by atoms with Gasteiger partial charge in [0.2, 0.25) is 0 Å². The van der Waals surface area contributed by atoms with Crippen LogP contribution in [-0.4, -0.2) is 28.2 Å². The molecule has 5 nitrogen and oxygen atoms in total. The van der Waals surface area contributed by atoms with Gasteiger partial charge in [-0.25, -0.2) is 14.8 Å². The smallest absolute Gasteiger partial charge is 0.339 e. The van der Waals surface area contributed by atoms with E-state index in [-0.39, 0.29) is 5.56 Å². The number of carboxylic acids is 1. The zero-order chi connectivity index (χ0) is 13.5. The molecule has 5 heteroatoms. The lowest BCUT2D eigenvalue weighted by molar-refractivity contribution is -0.0165. The van der Waals surface area contributed by atoms with Crippen molar-refractivity contribution in [1.29, 1.82) is 0 Å². The maximum absolute atomic E-state index is 11.2. The molecule has 0 atom stereocenters. The molecule has 0 radical (unpaired) electrons. The number of hydrogen-bond acceptors (Lipinski definition) is 4. The molecule has 0 aliphatic heterocycles. The Labute approximate surface area is 112 Å². The number of aromatic carboxylic acids is 1. The summed E-state index contributed by atoms with van der Waals surface area (Å²) in [5, 5.41) is 9.21. The molecule has 1 heterocycles. The number of nitrogens with zero attached hydrogens (tertiary/aromatic N) is 2. The second-order valence-corrected chi connectivity index (χ2v) is 5.48. The van der Waals surface area contributed by atoms with Crippen LogP contribution in [0.5, 0.6) is 0 Å². The van der Waals surface area contributed by atoms with Crippen LogP contribution in [-0.2, 0) is 10.3 Å². The van der Waals surface area contributed by atoms with E-state index in [1.165, 1.54) is 6.20 Å². The average molecular weight is 262 g/mol. The van der Waals surface area contributed by atoms with E-state index < -0.39 is 11.6 Å². The van der Waals surface area contributed by atoms with Crippen molar-refractivity contribution in [2.75, 3.05) is 7.11 Å². The topological polar surface area (TPSA) is 72.3 Å². The van der Waals surface area contributed by atoms with Gasteiger partial charge in [0.25, 0.3) is 0 Å². The van der Waals surface area contributed by atoms with Crippen LogP contribution in [0.25, 0.3) is 0 Å². The average Bonchev–Trinajstić information content (AvgIpc) is 3.15. The lowest BCUT2D eigenvalue weighted by Crippen LogP contribution is -2.28. The third-order valence-corrected chi connectivity index (χ3v) is 4.22. The Hall–Kier alpha value is -1.49. The molecule has 0 aromatic carbocycles. The Morgan fingerprint density at radius 1 is 1.42 bits per heavy atom. The molecule has 19 heavy (non-hydrogen) atoms. The summed E-state index contributed by atoms with van der Waals surface area (Å²) < 4.78 is 5.67. The molecular formula is C14H18N2O3. The standard InChI is InChI=1S/C14H18N2O3/c1-19-14(6-2-3-7-14)13-15-8-10(12(17)18)11(16-13)9-4-5-9/h8-9H,2-7H2,1H3,(H,17,18). The minimum atomic E-state index is -0.939. The van der Waals surface area contributed by atoms with Crippen molar-refractivity contribution in [3.63, 3.8) is 0 Å². The zero-order valence-corrected chi connectivity index (χ0v) is 11.1. The summed E-state index contributed by atoms with van der Waals surface area (Å²) in [6.45, 7) is 0. The van der Waals surface area contributed by atoms with E-state index in [1.54, 1.807) is 7.11 Å². The van der Waals surface area contributed by atoms with Gasteiger partial charge in [0, 0.05) is 19.2 Å². The molecule has 1 aromatic rings. The molecule has 102 valence electrons. The van der Waals surface area contributed by atoms with E-state index in [9.17, 15) is 9.90 Å². The molecule has 2 saturated carbocycles. The summed E-state index contributed by atoms with van der Waals surface area (Å²) in [5.41, 5.74) is 0.539. The fourth-order valence-electron chi connectivity index (χ4n) is 2.91. The maximum atomic E-state index is 11.2. The lowest BCUT2D eigenvalue weighted by atomic mass is 10.00. The molecule has 0 saturated heterocycles. The molecule has 0 bridgehead atoms. The van der Waals surface area contributed by atoms with Gasteiger partial charge in [-0.3, -0.25) is 0 Å². The summed E-state index contributed by atoms with van der Waals surface area (Å²) in [6.07, 6.45) is 7.55. The van der Waals surface area contributed by atoms with Gasteiger partial charge < -0.3 is 9.84 Å². The van der Waals surface area contributed by atoms with Crippen molar-refractivity contribution in [2.24, 2.45) is 0 Å². The van der Waals surface area contributed by atoms with Crippen LogP contribution in [0.4, 0.5) is 0 Å². The van der Waals surface area contributed by atoms with E-state index in [0.717, 1.165) is 38.5 Å². The molecule has 2 aliphatic carbocycles. The fourth-order valence-corrected chi connectivity index (χ4v) is 2.91. The largest absolute Gasteiger partial charge is 0.478 e. The molecule has 0 spiro atoms. The van der Waals surface area contributed by atoms with Gasteiger partial charge in [-0.1, -0.05) is 0 Å². The molecule has 2 aliphatic rings. The fraction of sp³-hybridized carbons (Fsp3) is 0.643. The van der Waals surface area contributed by atoms with Crippen LogP contribution in [0.3, 0.4) is 0 Å². The molecule has 2 fully saturated rings. The van der Waals surface area contributed by atoms with E-state index >= 15 is 0 Å². The van der Waals surface area contributed by atoms with Gasteiger partial charge >= 0.3 is 5.97 Å². The minimum Gasteiger partial charge on any atom is -0.478 e. The van der Waals surface area contributed by atoms with Crippen molar-refractivity contribution < 1.29 is 14.6 Å². The monoisotopic (exact) mass is 262 g/mol. The highest BCUT2D eigenvalue weighted by molar-refractivity contribution is 5.88. The first kappa shape index (κ1) is 12.5. The highest BCUT2D eigenvalue weighted by Gasteiger charge is 2.40. The SMILES string of the molecule is COC1(c2ncc(C(=O)O)c(C3CC3)n2)CCCC1. The van der Waals surface area contributed by atoms with E-state index in [2.05, 4.69) is 9.97 Å². The Morgan fingerprint density at radius 2 is 2.11 bits per heavy atom. The third kappa shape index (κ3) is 2.12. The number of carboxylic acid groups (broad SMARTS) is 1. The number of ether oxygens (including phenoxy) is 1. The summed E-state index contributed by atoms with van der Waals surface area (Å²) in [7, 11) is 1.69. The van der Waals surface area contributed by atoms with Gasteiger partial charge in [-0.05, 0) is 38.5 Å². The van der Waals surface area contributed by atoms with Crippen molar-refractivity contribution in [3.8, 4) is 0 Å². The van der Waals surface area contributed by atoms with Gasteiger partial charge in [0.15, 0.2) is 5.82 Å². The van der Waals surface area contributed by atoms with E-state index in [1.807, 2.05) is 0 Å². The predicted octanol–water partition coefficient (Wildman–Crippen LogP) is 2.47. The Bertz CT molecular complexity index is 505. The van der Waals surface area contributed by atoms with Gasteiger partial charge in [0.1, 0.15) is 5.60 Å². The van der Waals surface area contributed by atoms with Crippen LogP contribution in [0.2, 0.25) is 0 Å². The summed E-state index contributed by atoms with van der Waals surface area (Å²) in [4.78, 5) is 20.1. The first-order valence-corrected chi connectivity index (χ1v) is 6.82. The number of rotatable bonds is 4. The molecular weight excluding hydrogens is 244 g/mol. The van der Waals surface area contributed by atoms with E-state index in [0.29, 0.717) is 17.4 Å². The minimum absolute atomic E-state index is 0.246. The van der Waals surface area contributed by atoms with Crippen LogP contribution in [0.1, 0.15) is 66.3 Å². The lowest BCUT2D eigenvalue weighted by Gasteiger charge is -2.26. The van der Waals surface area contributed by atoms with Crippen LogP contribution in [0.15, 0.2) is 6.20 Å². The third-order valence-electron chi connectivity index (χ3n) is 4.22. The summed E-state index contributed by atoms with van der Waals surface area (Å²) >= 11 is 0. The van der Waals surface area contributed by atoms with Gasteiger partial charge in [-0.2, -0.15) is 0 Å². The molecule has 1 aromatic heterocycles. The molecule has 1 N–H and O–H groups in total. The number of hydrogen-bond donors (Lipinski definition) is 1. The van der Waals surface area contributed by atoms with E-state index in [4.69, 9.17) is 4.74 Å². The summed E-state index contributed by atoms with van der Waals surface area (Å²) in [6, 6.07) is 0. The van der Waals surface area contributed by atoms with Crippen molar-refractivity contribution >= 4 is 5.97 Å². The highest BCUT2D eigenvalue weighted by Crippen LogP contribution is 2.43. The molecule has 0 unspecified atom stereocenters. The molecule has 3 rings (SSSR count).